The van der Waals surface area contributed by atoms with Gasteiger partial charge in [-0.2, -0.15) is 0 Å². The Hall–Kier alpha value is -1.18. The Balaban J connectivity index is 2.69. The fraction of sp³-hybridized carbons (Fsp3) is 0.500. The maximum Gasteiger partial charge on any atom is 0.137 e. The molecule has 0 fully saturated rings. The number of carbonyl (C=O) groups excluding carboxylic acids is 1. The van der Waals surface area contributed by atoms with E-state index in [-0.39, 0.29) is 5.78 Å². The first-order valence-electron chi connectivity index (χ1n) is 5.10. The van der Waals surface area contributed by atoms with E-state index in [0.717, 1.165) is 11.3 Å². The van der Waals surface area contributed by atoms with Crippen molar-refractivity contribution in [2.75, 3.05) is 0 Å². The van der Waals surface area contributed by atoms with Crippen LogP contribution in [0.25, 0.3) is 0 Å². The van der Waals surface area contributed by atoms with Gasteiger partial charge in [-0.15, -0.1) is 0 Å². The van der Waals surface area contributed by atoms with E-state index in [1.807, 2.05) is 25.3 Å². The van der Waals surface area contributed by atoms with Crippen molar-refractivity contribution in [1.29, 1.82) is 0 Å². The minimum atomic E-state index is 0.268. The van der Waals surface area contributed by atoms with Gasteiger partial charge in [-0.3, -0.25) is 9.78 Å². The molecule has 14 heavy (non-hydrogen) atoms. The number of pyridine rings is 1. The number of rotatable bonds is 4. The molecule has 0 atom stereocenters. The lowest BCUT2D eigenvalue weighted by Crippen LogP contribution is -2.01. The van der Waals surface area contributed by atoms with Crippen LogP contribution in [0.1, 0.15) is 44.4 Å². The smallest absolute Gasteiger partial charge is 0.137 e. The highest BCUT2D eigenvalue weighted by Crippen LogP contribution is 2.11. The summed E-state index contributed by atoms with van der Waals surface area (Å²) in [6, 6.07) is 4.00. The van der Waals surface area contributed by atoms with Crippen LogP contribution in [-0.2, 0) is 11.2 Å². The maximum atomic E-state index is 11.2. The summed E-state index contributed by atoms with van der Waals surface area (Å²) in [5.74, 6) is 0.718. The number of aromatic nitrogens is 1. The van der Waals surface area contributed by atoms with Gasteiger partial charge in [0.25, 0.3) is 0 Å². The average Bonchev–Trinajstić information content (AvgIpc) is 2.18. The van der Waals surface area contributed by atoms with Crippen LogP contribution >= 0.6 is 0 Å². The number of Topliss-reactive ketones (excluding diaryl/α,β-unsaturated/α-hetero) is 1. The molecule has 1 heterocycles. The zero-order valence-corrected chi connectivity index (χ0v) is 9.08. The first-order valence-corrected chi connectivity index (χ1v) is 5.10. The van der Waals surface area contributed by atoms with Crippen molar-refractivity contribution in [2.24, 2.45) is 0 Å². The van der Waals surface area contributed by atoms with Crippen molar-refractivity contribution in [1.82, 2.24) is 4.98 Å². The minimum Gasteiger partial charge on any atom is -0.299 e. The van der Waals surface area contributed by atoms with Crippen molar-refractivity contribution < 1.29 is 4.79 Å². The van der Waals surface area contributed by atoms with Crippen LogP contribution in [0.5, 0.6) is 0 Å². The highest BCUT2D eigenvalue weighted by Gasteiger charge is 2.03. The van der Waals surface area contributed by atoms with Crippen LogP contribution in [0.3, 0.4) is 0 Å². The minimum absolute atomic E-state index is 0.268. The monoisotopic (exact) mass is 191 g/mol. The lowest BCUT2D eigenvalue weighted by atomic mass is 10.1. The molecule has 0 spiro atoms. The second-order valence-corrected chi connectivity index (χ2v) is 3.82. The van der Waals surface area contributed by atoms with Gasteiger partial charge in [0.1, 0.15) is 5.78 Å². The zero-order chi connectivity index (χ0) is 10.6. The van der Waals surface area contributed by atoms with Gasteiger partial charge in [0.2, 0.25) is 0 Å². The SMILES string of the molecule is CCC(=O)Cc1ccc(C(C)C)nc1. The molecule has 0 saturated heterocycles. The molecule has 0 radical (unpaired) electrons. The van der Waals surface area contributed by atoms with Crippen LogP contribution < -0.4 is 0 Å². The lowest BCUT2D eigenvalue weighted by Gasteiger charge is -2.04. The third kappa shape index (κ3) is 2.95. The molecule has 0 unspecified atom stereocenters. The summed E-state index contributed by atoms with van der Waals surface area (Å²) in [6.45, 7) is 6.11. The molecule has 0 saturated carbocycles. The van der Waals surface area contributed by atoms with Gasteiger partial charge in [0.05, 0.1) is 0 Å². The first kappa shape index (κ1) is 10.9. The fourth-order valence-electron chi connectivity index (χ4n) is 1.23. The van der Waals surface area contributed by atoms with Crippen molar-refractivity contribution in [3.63, 3.8) is 0 Å². The standard InChI is InChI=1S/C12H17NO/c1-4-11(14)7-10-5-6-12(9(2)3)13-8-10/h5-6,8-9H,4,7H2,1-3H3. The average molecular weight is 191 g/mol. The summed E-state index contributed by atoms with van der Waals surface area (Å²) in [4.78, 5) is 15.5. The molecule has 1 rings (SSSR count). The summed E-state index contributed by atoms with van der Waals surface area (Å²) in [6.07, 6.45) is 2.93. The molecule has 0 amide bonds. The van der Waals surface area contributed by atoms with E-state index in [4.69, 9.17) is 0 Å². The third-order valence-corrected chi connectivity index (χ3v) is 2.23. The second kappa shape index (κ2) is 4.89. The topological polar surface area (TPSA) is 30.0 Å². The molecule has 0 aliphatic rings. The highest BCUT2D eigenvalue weighted by molar-refractivity contribution is 5.80. The predicted molar refractivity (Wildman–Crippen MR) is 57.3 cm³/mol. The Morgan fingerprint density at radius 3 is 2.57 bits per heavy atom. The van der Waals surface area contributed by atoms with Crippen LogP contribution in [0.15, 0.2) is 18.3 Å². The van der Waals surface area contributed by atoms with Gasteiger partial charge < -0.3 is 0 Å². The van der Waals surface area contributed by atoms with Gasteiger partial charge in [0, 0.05) is 24.7 Å². The van der Waals surface area contributed by atoms with E-state index >= 15 is 0 Å². The van der Waals surface area contributed by atoms with Crippen LogP contribution in [0.4, 0.5) is 0 Å². The fourth-order valence-corrected chi connectivity index (χ4v) is 1.23. The molecular weight excluding hydrogens is 174 g/mol. The molecule has 2 heteroatoms. The van der Waals surface area contributed by atoms with Crippen LogP contribution in [0.2, 0.25) is 0 Å². The second-order valence-electron chi connectivity index (χ2n) is 3.82. The summed E-state index contributed by atoms with van der Waals surface area (Å²) < 4.78 is 0. The van der Waals surface area contributed by atoms with Crippen LogP contribution in [-0.4, -0.2) is 10.8 Å². The molecule has 1 aromatic rings. The normalized spacial score (nSPS) is 10.6. The van der Waals surface area contributed by atoms with E-state index in [1.165, 1.54) is 0 Å². The van der Waals surface area contributed by atoms with Gasteiger partial charge in [-0.25, -0.2) is 0 Å². The van der Waals surface area contributed by atoms with Crippen molar-refractivity contribution in [3.05, 3.63) is 29.6 Å². The van der Waals surface area contributed by atoms with E-state index in [9.17, 15) is 4.79 Å². The Morgan fingerprint density at radius 2 is 2.14 bits per heavy atom. The number of nitrogens with zero attached hydrogens (tertiary/aromatic N) is 1. The Bertz CT molecular complexity index is 301. The molecule has 0 aliphatic carbocycles. The molecule has 0 N–H and O–H groups in total. The maximum absolute atomic E-state index is 11.2. The van der Waals surface area contributed by atoms with Gasteiger partial charge in [-0.05, 0) is 17.5 Å². The first-order chi connectivity index (χ1) is 6.63. The van der Waals surface area contributed by atoms with Gasteiger partial charge >= 0.3 is 0 Å². The van der Waals surface area contributed by atoms with Crippen molar-refractivity contribution in [3.8, 4) is 0 Å². The number of hydrogen-bond donors (Lipinski definition) is 0. The molecule has 1 aromatic heterocycles. The zero-order valence-electron chi connectivity index (χ0n) is 9.08. The van der Waals surface area contributed by atoms with Crippen LogP contribution in [0, 0.1) is 0 Å². The van der Waals surface area contributed by atoms with Crippen molar-refractivity contribution >= 4 is 5.78 Å². The van der Waals surface area contributed by atoms with Crippen molar-refractivity contribution in [2.45, 2.75) is 39.5 Å². The molecule has 76 valence electrons. The Labute approximate surface area is 85.4 Å². The van der Waals surface area contributed by atoms with E-state index in [0.29, 0.717) is 18.8 Å². The van der Waals surface area contributed by atoms with Gasteiger partial charge in [0.15, 0.2) is 0 Å². The largest absolute Gasteiger partial charge is 0.299 e. The molecule has 0 bridgehead atoms. The number of ketones is 1. The summed E-state index contributed by atoms with van der Waals surface area (Å²) in [7, 11) is 0. The Kier molecular flexibility index (Phi) is 3.81. The molecule has 2 nitrogen and oxygen atoms in total. The quantitative estimate of drug-likeness (QED) is 0.732. The van der Waals surface area contributed by atoms with Gasteiger partial charge in [-0.1, -0.05) is 26.8 Å². The number of carbonyl (C=O) groups is 1. The summed E-state index contributed by atoms with van der Waals surface area (Å²) in [5, 5.41) is 0. The molecule has 0 aliphatic heterocycles. The summed E-state index contributed by atoms with van der Waals surface area (Å²) >= 11 is 0. The highest BCUT2D eigenvalue weighted by atomic mass is 16.1. The summed E-state index contributed by atoms with van der Waals surface area (Å²) in [5.41, 5.74) is 2.10. The Morgan fingerprint density at radius 1 is 1.43 bits per heavy atom. The lowest BCUT2D eigenvalue weighted by molar-refractivity contribution is -0.118. The predicted octanol–water partition coefficient (Wildman–Crippen LogP) is 2.73. The van der Waals surface area contributed by atoms with E-state index < -0.39 is 0 Å². The molecule has 0 aromatic carbocycles. The molecular formula is C12H17NO. The van der Waals surface area contributed by atoms with E-state index in [1.54, 1.807) is 0 Å². The third-order valence-electron chi connectivity index (χ3n) is 2.23. The number of hydrogen-bond acceptors (Lipinski definition) is 2. The van der Waals surface area contributed by atoms with E-state index in [2.05, 4.69) is 18.8 Å².